The van der Waals surface area contributed by atoms with Gasteiger partial charge in [0.1, 0.15) is 12.4 Å². The zero-order valence-electron chi connectivity index (χ0n) is 19.2. The third-order valence-electron chi connectivity index (χ3n) is 5.98. The number of benzene rings is 1. The lowest BCUT2D eigenvalue weighted by molar-refractivity contribution is 0.0392. The number of ether oxygens (including phenoxy) is 2. The van der Waals surface area contributed by atoms with Crippen molar-refractivity contribution in [3.63, 3.8) is 0 Å². The molecule has 1 aromatic rings. The van der Waals surface area contributed by atoms with Crippen LogP contribution in [0.2, 0.25) is 0 Å². The molecular weight excluding hydrogens is 523 g/mol. The molecule has 2 aliphatic heterocycles. The van der Waals surface area contributed by atoms with Gasteiger partial charge in [-0.15, -0.1) is 24.0 Å². The molecule has 0 bridgehead atoms. The van der Waals surface area contributed by atoms with Crippen LogP contribution in [0.5, 0.6) is 5.75 Å². The van der Waals surface area contributed by atoms with E-state index in [9.17, 15) is 0 Å². The molecule has 176 valence electrons. The van der Waals surface area contributed by atoms with Crippen LogP contribution in [0.25, 0.3) is 0 Å². The Hall–Kier alpha value is -0.710. The van der Waals surface area contributed by atoms with Gasteiger partial charge in [-0.25, -0.2) is 0 Å². The fourth-order valence-corrected chi connectivity index (χ4v) is 5.21. The van der Waals surface area contributed by atoms with Crippen molar-refractivity contribution in [2.75, 3.05) is 59.3 Å². The van der Waals surface area contributed by atoms with Gasteiger partial charge in [-0.05, 0) is 44.0 Å². The zero-order valence-corrected chi connectivity index (χ0v) is 22.4. The number of nitrogens with zero attached hydrogens (tertiary/aromatic N) is 3. The topological polar surface area (TPSA) is 49.3 Å². The van der Waals surface area contributed by atoms with E-state index in [-0.39, 0.29) is 24.0 Å². The second-order valence-electron chi connectivity index (χ2n) is 8.07. The molecule has 0 saturated carbocycles. The van der Waals surface area contributed by atoms with Crippen LogP contribution in [-0.2, 0) is 11.3 Å². The number of likely N-dealkylation sites (N-methyl/N-ethyl adjacent to an activating group) is 1. The van der Waals surface area contributed by atoms with Crippen LogP contribution >= 0.6 is 35.7 Å². The number of thioether (sulfide) groups is 1. The molecule has 1 unspecified atom stereocenters. The third kappa shape index (κ3) is 8.63. The molecule has 2 aliphatic rings. The molecule has 8 heteroatoms. The van der Waals surface area contributed by atoms with Gasteiger partial charge in [-0.2, -0.15) is 11.8 Å². The summed E-state index contributed by atoms with van der Waals surface area (Å²) in [5.74, 6) is 3.11. The van der Waals surface area contributed by atoms with Crippen LogP contribution in [0.1, 0.15) is 31.7 Å². The number of hydrogen-bond donors (Lipinski definition) is 1. The van der Waals surface area contributed by atoms with Crippen LogP contribution < -0.4 is 10.1 Å². The Morgan fingerprint density at radius 2 is 2.16 bits per heavy atom. The lowest BCUT2D eigenvalue weighted by Crippen LogP contribution is -2.47. The number of guanidine groups is 1. The maximum Gasteiger partial charge on any atom is 0.193 e. The predicted molar refractivity (Wildman–Crippen MR) is 142 cm³/mol. The molecule has 2 heterocycles. The maximum absolute atomic E-state index is 6.04. The highest BCUT2D eigenvalue weighted by atomic mass is 127. The lowest BCUT2D eigenvalue weighted by Gasteiger charge is -2.34. The van der Waals surface area contributed by atoms with Gasteiger partial charge >= 0.3 is 0 Å². The summed E-state index contributed by atoms with van der Waals surface area (Å²) in [6.07, 6.45) is 3.45. The quantitative estimate of drug-likeness (QED) is 0.297. The lowest BCUT2D eigenvalue weighted by atomic mass is 10.1. The largest absolute Gasteiger partial charge is 0.492 e. The highest BCUT2D eigenvalue weighted by Gasteiger charge is 2.21. The van der Waals surface area contributed by atoms with Gasteiger partial charge in [0.2, 0.25) is 0 Å². The molecule has 2 fully saturated rings. The summed E-state index contributed by atoms with van der Waals surface area (Å²) >= 11 is 2.08. The first kappa shape index (κ1) is 26.5. The van der Waals surface area contributed by atoms with E-state index in [2.05, 4.69) is 64.0 Å². The second-order valence-corrected chi connectivity index (χ2v) is 9.48. The Kier molecular flexibility index (Phi) is 12.4. The van der Waals surface area contributed by atoms with E-state index in [4.69, 9.17) is 9.47 Å². The minimum absolute atomic E-state index is 0. The summed E-state index contributed by atoms with van der Waals surface area (Å²) in [4.78, 5) is 9.30. The first-order chi connectivity index (χ1) is 14.7. The summed E-state index contributed by atoms with van der Waals surface area (Å²) in [6, 6.07) is 9.00. The number of aliphatic imine (C=N–C) groups is 1. The van der Waals surface area contributed by atoms with Crippen molar-refractivity contribution in [3.05, 3.63) is 29.8 Å². The van der Waals surface area contributed by atoms with Crippen LogP contribution in [0.3, 0.4) is 0 Å². The van der Waals surface area contributed by atoms with Gasteiger partial charge in [0.05, 0.1) is 0 Å². The van der Waals surface area contributed by atoms with E-state index >= 15 is 0 Å². The Bertz CT molecular complexity index is 673. The number of halogens is 1. The van der Waals surface area contributed by atoms with E-state index in [1.165, 1.54) is 17.7 Å². The first-order valence-electron chi connectivity index (χ1n) is 11.3. The average molecular weight is 563 g/mol. The summed E-state index contributed by atoms with van der Waals surface area (Å²) < 4.78 is 11.5. The number of hydrogen-bond acceptors (Lipinski definition) is 5. The van der Waals surface area contributed by atoms with Crippen molar-refractivity contribution < 1.29 is 9.47 Å². The van der Waals surface area contributed by atoms with Crippen molar-refractivity contribution in [2.45, 2.75) is 44.0 Å². The number of nitrogens with one attached hydrogen (secondary N) is 1. The molecule has 1 atom stereocenters. The van der Waals surface area contributed by atoms with Gasteiger partial charge in [0.15, 0.2) is 5.96 Å². The van der Waals surface area contributed by atoms with Gasteiger partial charge < -0.3 is 19.7 Å². The summed E-state index contributed by atoms with van der Waals surface area (Å²) in [6.45, 7) is 8.56. The minimum Gasteiger partial charge on any atom is -0.492 e. The van der Waals surface area contributed by atoms with Gasteiger partial charge in [0, 0.05) is 63.5 Å². The number of rotatable bonds is 8. The van der Waals surface area contributed by atoms with Crippen LogP contribution in [0.15, 0.2) is 29.3 Å². The Balaban J connectivity index is 0.00000341. The average Bonchev–Trinajstić information content (AvgIpc) is 2.80. The molecule has 0 radical (unpaired) electrons. The molecule has 1 aromatic carbocycles. The highest BCUT2D eigenvalue weighted by molar-refractivity contribution is 14.0. The fraction of sp³-hybridized carbons (Fsp3) is 0.696. The van der Waals surface area contributed by atoms with Crippen LogP contribution in [0, 0.1) is 0 Å². The fourth-order valence-electron chi connectivity index (χ4n) is 4.03. The zero-order chi connectivity index (χ0) is 21.2. The minimum atomic E-state index is 0. The van der Waals surface area contributed by atoms with Crippen molar-refractivity contribution in [1.29, 1.82) is 0 Å². The highest BCUT2D eigenvalue weighted by Crippen LogP contribution is 2.21. The molecule has 0 amide bonds. The first-order valence-corrected chi connectivity index (χ1v) is 12.3. The molecule has 0 aromatic heterocycles. The molecular formula is C23H39IN4O2S. The van der Waals surface area contributed by atoms with Crippen molar-refractivity contribution in [3.8, 4) is 5.75 Å². The molecule has 6 nitrogen and oxygen atoms in total. The van der Waals surface area contributed by atoms with E-state index in [0.29, 0.717) is 17.9 Å². The smallest absolute Gasteiger partial charge is 0.193 e. The van der Waals surface area contributed by atoms with E-state index in [0.717, 1.165) is 63.9 Å². The Morgan fingerprint density at radius 3 is 2.90 bits per heavy atom. The summed E-state index contributed by atoms with van der Waals surface area (Å²) in [5.41, 5.74) is 1.21. The van der Waals surface area contributed by atoms with E-state index < -0.39 is 0 Å². The van der Waals surface area contributed by atoms with Gasteiger partial charge in [-0.1, -0.05) is 19.1 Å². The third-order valence-corrected chi connectivity index (χ3v) is 7.35. The van der Waals surface area contributed by atoms with Crippen molar-refractivity contribution in [1.82, 2.24) is 15.1 Å². The predicted octanol–water partition coefficient (Wildman–Crippen LogP) is 3.70. The van der Waals surface area contributed by atoms with Crippen molar-refractivity contribution >= 4 is 41.7 Å². The molecule has 0 aliphatic carbocycles. The molecule has 0 spiro atoms. The normalized spacial score (nSPS) is 20.5. The van der Waals surface area contributed by atoms with Gasteiger partial charge in [-0.3, -0.25) is 9.89 Å². The van der Waals surface area contributed by atoms with E-state index in [1.807, 2.05) is 13.1 Å². The van der Waals surface area contributed by atoms with Crippen LogP contribution in [0.4, 0.5) is 0 Å². The van der Waals surface area contributed by atoms with Crippen LogP contribution in [-0.4, -0.2) is 86.4 Å². The van der Waals surface area contributed by atoms with Crippen molar-refractivity contribution in [2.24, 2.45) is 4.99 Å². The Morgan fingerprint density at radius 1 is 1.35 bits per heavy atom. The summed E-state index contributed by atoms with van der Waals surface area (Å²) in [7, 11) is 4.06. The second kappa shape index (κ2) is 14.4. The SMILES string of the molecule is CCC1CN(C(=NC)NCc2cccc(OCCN(C)C3CCOCC3)c2)CCS1.I. The van der Waals surface area contributed by atoms with Gasteiger partial charge in [0.25, 0.3) is 0 Å². The molecule has 1 N–H and O–H groups in total. The molecule has 2 saturated heterocycles. The van der Waals surface area contributed by atoms with E-state index in [1.54, 1.807) is 0 Å². The molecule has 31 heavy (non-hydrogen) atoms. The maximum atomic E-state index is 6.04. The molecule has 3 rings (SSSR count). The standard InChI is InChI=1S/C23H38N4O2S.HI/c1-4-22-18-27(11-15-30-22)23(24-2)25-17-19-6-5-7-21(16-19)29-14-10-26(3)20-8-12-28-13-9-20;/h5-7,16,20,22H,4,8-15,17-18H2,1-3H3,(H,24,25);1H. The summed E-state index contributed by atoms with van der Waals surface area (Å²) in [5, 5.41) is 4.24. The Labute approximate surface area is 209 Å². The monoisotopic (exact) mass is 562 g/mol.